The number of fused-ring (bicyclic) bond motifs is 1. The van der Waals surface area contributed by atoms with E-state index in [1.165, 1.54) is 11.1 Å². The summed E-state index contributed by atoms with van der Waals surface area (Å²) in [7, 11) is 1.59. The number of benzene rings is 3. The average Bonchev–Trinajstić information content (AvgIpc) is 3.30. The monoisotopic (exact) mass is 497 g/mol. The van der Waals surface area contributed by atoms with Gasteiger partial charge in [0.1, 0.15) is 11.8 Å². The molecule has 1 aliphatic heterocycles. The number of methoxy groups -OCH3 is 1. The van der Waals surface area contributed by atoms with Gasteiger partial charge in [0.2, 0.25) is 11.1 Å². The molecule has 1 aliphatic rings. The molecule has 2 heterocycles. The second-order valence-electron chi connectivity index (χ2n) is 8.57. The van der Waals surface area contributed by atoms with Crippen LogP contribution in [0, 0.1) is 6.92 Å². The summed E-state index contributed by atoms with van der Waals surface area (Å²) < 4.78 is 7.23. The van der Waals surface area contributed by atoms with Gasteiger partial charge >= 0.3 is 0 Å². The Hall–Kier alpha value is -4.04. The number of amides is 1. The molecule has 3 aromatic carbocycles. The van der Waals surface area contributed by atoms with E-state index >= 15 is 0 Å². The number of hydrogen-bond acceptors (Lipinski definition) is 6. The topological polar surface area (TPSA) is 81.1 Å². The van der Waals surface area contributed by atoms with Crippen molar-refractivity contribution in [3.63, 3.8) is 0 Å². The van der Waals surface area contributed by atoms with Crippen LogP contribution < -0.4 is 15.4 Å². The first-order valence-electron chi connectivity index (χ1n) is 11.7. The van der Waals surface area contributed by atoms with E-state index < -0.39 is 6.04 Å². The predicted molar refractivity (Wildman–Crippen MR) is 143 cm³/mol. The van der Waals surface area contributed by atoms with E-state index in [0.29, 0.717) is 28.1 Å². The van der Waals surface area contributed by atoms with Crippen molar-refractivity contribution >= 4 is 29.3 Å². The van der Waals surface area contributed by atoms with Gasteiger partial charge in [-0.05, 0) is 37.1 Å². The summed E-state index contributed by atoms with van der Waals surface area (Å²) >= 11 is 1.57. The number of ether oxygens (including phenoxy) is 1. The van der Waals surface area contributed by atoms with Gasteiger partial charge in [0, 0.05) is 11.4 Å². The summed E-state index contributed by atoms with van der Waals surface area (Å²) in [6.45, 7) is 3.98. The average molecular weight is 498 g/mol. The van der Waals surface area contributed by atoms with Crippen LogP contribution in [-0.2, 0) is 10.5 Å². The lowest BCUT2D eigenvalue weighted by Gasteiger charge is -2.28. The molecule has 0 bridgehead atoms. The van der Waals surface area contributed by atoms with Crippen LogP contribution in [0.2, 0.25) is 0 Å². The number of aromatic nitrogens is 3. The van der Waals surface area contributed by atoms with Gasteiger partial charge in [-0.1, -0.05) is 84.1 Å². The molecule has 1 amide bonds. The minimum absolute atomic E-state index is 0.228. The Bertz CT molecular complexity index is 1430. The van der Waals surface area contributed by atoms with Crippen LogP contribution >= 0.6 is 11.8 Å². The molecule has 5 rings (SSSR count). The Labute approximate surface area is 214 Å². The molecule has 0 saturated heterocycles. The van der Waals surface area contributed by atoms with Crippen LogP contribution in [0.5, 0.6) is 5.75 Å². The maximum Gasteiger partial charge on any atom is 0.255 e. The summed E-state index contributed by atoms with van der Waals surface area (Å²) in [5.74, 6) is 1.74. The maximum absolute atomic E-state index is 13.7. The zero-order valence-electron chi connectivity index (χ0n) is 20.4. The fourth-order valence-corrected chi connectivity index (χ4v) is 5.09. The van der Waals surface area contributed by atoms with E-state index in [4.69, 9.17) is 14.8 Å². The van der Waals surface area contributed by atoms with Crippen molar-refractivity contribution in [2.45, 2.75) is 30.8 Å². The molecule has 8 heteroatoms. The van der Waals surface area contributed by atoms with E-state index in [2.05, 4.69) is 41.8 Å². The summed E-state index contributed by atoms with van der Waals surface area (Å²) in [5.41, 5.74) is 5.29. The van der Waals surface area contributed by atoms with Gasteiger partial charge < -0.3 is 15.4 Å². The highest BCUT2D eigenvalue weighted by Crippen LogP contribution is 2.37. The Morgan fingerprint density at radius 1 is 1.06 bits per heavy atom. The highest BCUT2D eigenvalue weighted by atomic mass is 32.2. The zero-order chi connectivity index (χ0) is 25.1. The first-order chi connectivity index (χ1) is 17.5. The van der Waals surface area contributed by atoms with Gasteiger partial charge in [0.15, 0.2) is 0 Å². The van der Waals surface area contributed by atoms with Crippen molar-refractivity contribution in [2.24, 2.45) is 0 Å². The van der Waals surface area contributed by atoms with Gasteiger partial charge in [-0.25, -0.2) is 4.68 Å². The third kappa shape index (κ3) is 4.85. The molecule has 7 nitrogen and oxygen atoms in total. The molecule has 36 heavy (non-hydrogen) atoms. The second-order valence-corrected chi connectivity index (χ2v) is 9.51. The summed E-state index contributed by atoms with van der Waals surface area (Å²) in [4.78, 5) is 18.4. The number of aryl methyl sites for hydroxylation is 1. The number of nitrogens with zero attached hydrogens (tertiary/aromatic N) is 3. The van der Waals surface area contributed by atoms with Crippen LogP contribution in [0.4, 0.5) is 11.6 Å². The van der Waals surface area contributed by atoms with Crippen molar-refractivity contribution in [2.75, 3.05) is 17.7 Å². The molecule has 0 spiro atoms. The summed E-state index contributed by atoms with van der Waals surface area (Å²) in [6.07, 6.45) is 0. The molecular formula is C28H27N5O2S. The van der Waals surface area contributed by atoms with Crippen molar-refractivity contribution < 1.29 is 9.53 Å². The van der Waals surface area contributed by atoms with Crippen molar-refractivity contribution in [1.82, 2.24) is 14.8 Å². The van der Waals surface area contributed by atoms with E-state index in [9.17, 15) is 4.79 Å². The minimum atomic E-state index is -0.432. The molecule has 0 fully saturated rings. The minimum Gasteiger partial charge on any atom is -0.495 e. The number of nitrogens with one attached hydrogen (secondary N) is 2. The van der Waals surface area contributed by atoms with Crippen LogP contribution in [0.15, 0.2) is 95.3 Å². The second kappa shape index (κ2) is 10.3. The maximum atomic E-state index is 13.7. The molecule has 0 saturated carbocycles. The van der Waals surface area contributed by atoms with Gasteiger partial charge in [0.05, 0.1) is 18.4 Å². The van der Waals surface area contributed by atoms with E-state index in [-0.39, 0.29) is 5.91 Å². The third-order valence-corrected chi connectivity index (χ3v) is 6.91. The normalized spacial score (nSPS) is 14.7. The van der Waals surface area contributed by atoms with E-state index in [0.717, 1.165) is 17.0 Å². The SMILES string of the molecule is COc1ccccc1NC(=O)C1=C(C)Nc2nc(SCc3cccc(C)c3)nn2[C@@H]1c1ccccc1. The molecule has 1 aromatic heterocycles. The van der Waals surface area contributed by atoms with Gasteiger partial charge in [-0.3, -0.25) is 4.79 Å². The molecule has 182 valence electrons. The van der Waals surface area contributed by atoms with Crippen molar-refractivity contribution in [3.8, 4) is 5.75 Å². The number of carbonyl (C=O) groups excluding carboxylic acids is 1. The van der Waals surface area contributed by atoms with Crippen LogP contribution in [-0.4, -0.2) is 27.8 Å². The van der Waals surface area contributed by atoms with Gasteiger partial charge in [-0.2, -0.15) is 4.98 Å². The quantitative estimate of drug-likeness (QED) is 0.314. The van der Waals surface area contributed by atoms with Crippen LogP contribution in [0.25, 0.3) is 0 Å². The molecule has 1 atom stereocenters. The first-order valence-corrected chi connectivity index (χ1v) is 12.6. The lowest BCUT2D eigenvalue weighted by Crippen LogP contribution is -2.31. The first kappa shape index (κ1) is 23.7. The lowest BCUT2D eigenvalue weighted by molar-refractivity contribution is -0.113. The van der Waals surface area contributed by atoms with Gasteiger partial charge in [0.25, 0.3) is 5.91 Å². The Balaban J connectivity index is 1.48. The lowest BCUT2D eigenvalue weighted by atomic mass is 9.95. The number of rotatable bonds is 7. The Morgan fingerprint density at radius 3 is 2.61 bits per heavy atom. The smallest absolute Gasteiger partial charge is 0.255 e. The highest BCUT2D eigenvalue weighted by Gasteiger charge is 2.34. The molecule has 4 aromatic rings. The van der Waals surface area contributed by atoms with Crippen LogP contribution in [0.1, 0.15) is 29.7 Å². The van der Waals surface area contributed by atoms with Crippen molar-refractivity contribution in [1.29, 1.82) is 0 Å². The largest absolute Gasteiger partial charge is 0.495 e. The van der Waals surface area contributed by atoms with E-state index in [1.807, 2.05) is 61.5 Å². The Kier molecular flexibility index (Phi) is 6.77. The number of carbonyl (C=O) groups is 1. The molecule has 0 radical (unpaired) electrons. The molecule has 2 N–H and O–H groups in total. The number of para-hydroxylation sites is 2. The number of hydrogen-bond donors (Lipinski definition) is 2. The fraction of sp³-hybridized carbons (Fsp3) is 0.179. The molecular weight excluding hydrogens is 470 g/mol. The molecule has 0 aliphatic carbocycles. The van der Waals surface area contributed by atoms with E-state index in [1.54, 1.807) is 23.6 Å². The zero-order valence-corrected chi connectivity index (χ0v) is 21.2. The summed E-state index contributed by atoms with van der Waals surface area (Å²) in [5, 5.41) is 11.8. The highest BCUT2D eigenvalue weighted by molar-refractivity contribution is 7.98. The number of thioether (sulfide) groups is 1. The summed E-state index contributed by atoms with van der Waals surface area (Å²) in [6, 6.07) is 25.2. The fourth-order valence-electron chi connectivity index (χ4n) is 4.32. The number of allylic oxidation sites excluding steroid dienone is 1. The number of anilines is 2. The van der Waals surface area contributed by atoms with Crippen molar-refractivity contribution in [3.05, 3.63) is 107 Å². The van der Waals surface area contributed by atoms with Gasteiger partial charge in [-0.15, -0.1) is 5.10 Å². The van der Waals surface area contributed by atoms with Crippen LogP contribution in [0.3, 0.4) is 0 Å². The standard InChI is InChI=1S/C28H27N5O2S/c1-18-10-9-11-20(16-18)17-36-28-31-27-29-19(2)24(25(33(27)32-28)21-12-5-4-6-13-21)26(34)30-22-14-7-8-15-23(22)35-3/h4-16,25H,17H2,1-3H3,(H,30,34)(H,29,31,32)/t25-/m1/s1. The predicted octanol–water partition coefficient (Wildman–Crippen LogP) is 5.82. The Morgan fingerprint density at radius 2 is 1.83 bits per heavy atom. The third-order valence-electron chi connectivity index (χ3n) is 6.00. The molecule has 0 unspecified atom stereocenters.